The molecule has 4 nitrogen and oxygen atoms in total. The summed E-state index contributed by atoms with van der Waals surface area (Å²) in [5.41, 5.74) is 0. The van der Waals surface area contributed by atoms with Crippen molar-refractivity contribution >= 4 is 35.0 Å². The van der Waals surface area contributed by atoms with E-state index < -0.39 is 11.9 Å². The first-order chi connectivity index (χ1) is 25.3. The SMILES string of the molecule is CC(C)CCCCCCCCCCCCCCCCCCCCC(=O)[O-].CC(C)CCCCCCCCCCCCCCCCCCCCC(=O)[O-].[Mg+2]. The third kappa shape index (κ3) is 61.2. The minimum atomic E-state index is -0.901. The van der Waals surface area contributed by atoms with E-state index in [1.54, 1.807) is 0 Å². The minimum Gasteiger partial charge on any atom is -0.550 e. The monoisotopic (exact) mass is 759 g/mol. The summed E-state index contributed by atoms with van der Waals surface area (Å²) in [6.07, 6.45) is 51.6. The molecule has 0 spiro atoms. The second kappa shape index (κ2) is 49.7. The molecule has 0 rings (SSSR count). The Bertz CT molecular complexity index is 637. The van der Waals surface area contributed by atoms with Crippen LogP contribution in [-0.2, 0) is 9.59 Å². The molecule has 0 unspecified atom stereocenters. The zero-order valence-corrected chi connectivity index (χ0v) is 38.2. The minimum absolute atomic E-state index is 0. The molecule has 0 aliphatic carbocycles. The molecule has 0 radical (unpaired) electrons. The number of hydrogen-bond donors (Lipinski definition) is 0. The van der Waals surface area contributed by atoms with Crippen LogP contribution in [0.5, 0.6) is 0 Å². The molecule has 53 heavy (non-hydrogen) atoms. The summed E-state index contributed by atoms with van der Waals surface area (Å²) in [6.45, 7) is 9.30. The second-order valence-corrected chi connectivity index (χ2v) is 17.3. The van der Waals surface area contributed by atoms with Crippen molar-refractivity contribution in [2.75, 3.05) is 0 Å². The Morgan fingerprint density at radius 3 is 0.547 bits per heavy atom. The van der Waals surface area contributed by atoms with E-state index in [1.807, 2.05) is 0 Å². The van der Waals surface area contributed by atoms with Gasteiger partial charge in [-0.05, 0) is 37.5 Å². The van der Waals surface area contributed by atoms with Gasteiger partial charge in [-0.2, -0.15) is 0 Å². The van der Waals surface area contributed by atoms with Gasteiger partial charge in [-0.3, -0.25) is 0 Å². The maximum absolute atomic E-state index is 10.3. The van der Waals surface area contributed by atoms with Gasteiger partial charge in [-0.15, -0.1) is 0 Å². The van der Waals surface area contributed by atoms with Crippen LogP contribution in [0.1, 0.15) is 285 Å². The summed E-state index contributed by atoms with van der Waals surface area (Å²) >= 11 is 0. The molecule has 0 N–H and O–H groups in total. The van der Waals surface area contributed by atoms with Crippen LogP contribution in [0.25, 0.3) is 0 Å². The summed E-state index contributed by atoms with van der Waals surface area (Å²) in [7, 11) is 0. The predicted molar refractivity (Wildman–Crippen MR) is 230 cm³/mol. The van der Waals surface area contributed by atoms with E-state index in [1.165, 1.54) is 218 Å². The molecule has 0 saturated carbocycles. The fourth-order valence-electron chi connectivity index (χ4n) is 7.30. The van der Waals surface area contributed by atoms with Crippen molar-refractivity contribution in [3.63, 3.8) is 0 Å². The molecule has 0 heterocycles. The molecule has 0 aliphatic rings. The molecule has 0 aliphatic heterocycles. The number of carbonyl (C=O) groups excluding carboxylic acids is 2. The first-order valence-electron chi connectivity index (χ1n) is 23.6. The number of carboxylic acids is 2. The van der Waals surface area contributed by atoms with Crippen LogP contribution in [0.15, 0.2) is 0 Å². The van der Waals surface area contributed by atoms with E-state index in [0.717, 1.165) is 37.5 Å². The average Bonchev–Trinajstić information content (AvgIpc) is 3.09. The van der Waals surface area contributed by atoms with Gasteiger partial charge in [0.2, 0.25) is 0 Å². The molecule has 0 fully saturated rings. The topological polar surface area (TPSA) is 80.3 Å². The first kappa shape index (κ1) is 57.0. The van der Waals surface area contributed by atoms with Gasteiger partial charge in [0.1, 0.15) is 0 Å². The number of unbranched alkanes of at least 4 members (excludes halogenated alkanes) is 34. The van der Waals surface area contributed by atoms with Crippen LogP contribution < -0.4 is 10.2 Å². The zero-order chi connectivity index (χ0) is 38.6. The largest absolute Gasteiger partial charge is 2.00 e. The zero-order valence-electron chi connectivity index (χ0n) is 36.8. The molecule has 0 aromatic carbocycles. The van der Waals surface area contributed by atoms with E-state index in [9.17, 15) is 19.8 Å². The number of carboxylic acid groups (broad SMARTS) is 2. The maximum atomic E-state index is 10.3. The van der Waals surface area contributed by atoms with Crippen molar-refractivity contribution in [3.05, 3.63) is 0 Å². The van der Waals surface area contributed by atoms with Gasteiger partial charge >= 0.3 is 23.1 Å². The van der Waals surface area contributed by atoms with Crippen molar-refractivity contribution in [2.24, 2.45) is 11.8 Å². The predicted octanol–water partition coefficient (Wildman–Crippen LogP) is 14.0. The fourth-order valence-corrected chi connectivity index (χ4v) is 7.30. The van der Waals surface area contributed by atoms with Crippen molar-refractivity contribution in [2.45, 2.75) is 285 Å². The van der Waals surface area contributed by atoms with Crippen LogP contribution in [0.4, 0.5) is 0 Å². The van der Waals surface area contributed by atoms with E-state index >= 15 is 0 Å². The van der Waals surface area contributed by atoms with Gasteiger partial charge < -0.3 is 19.8 Å². The van der Waals surface area contributed by atoms with Crippen LogP contribution in [0, 0.1) is 11.8 Å². The quantitative estimate of drug-likeness (QED) is 0.0458. The first-order valence-corrected chi connectivity index (χ1v) is 23.6. The van der Waals surface area contributed by atoms with Gasteiger partial charge in [-0.1, -0.05) is 259 Å². The molecular weight excluding hydrogens is 665 g/mol. The number of hydrogen-bond acceptors (Lipinski definition) is 4. The summed E-state index contributed by atoms with van der Waals surface area (Å²) in [6, 6.07) is 0. The Labute approximate surface area is 349 Å². The maximum Gasteiger partial charge on any atom is 2.00 e. The number of rotatable bonds is 42. The van der Waals surface area contributed by atoms with Crippen LogP contribution >= 0.6 is 0 Å². The van der Waals surface area contributed by atoms with Gasteiger partial charge in [-0.25, -0.2) is 0 Å². The molecule has 0 amide bonds. The molecule has 0 atom stereocenters. The van der Waals surface area contributed by atoms with Gasteiger partial charge in [0, 0.05) is 11.9 Å². The van der Waals surface area contributed by atoms with Crippen molar-refractivity contribution in [1.82, 2.24) is 0 Å². The Balaban J connectivity index is -0.000000926. The van der Waals surface area contributed by atoms with Crippen molar-refractivity contribution in [3.8, 4) is 0 Å². The van der Waals surface area contributed by atoms with Crippen LogP contribution in [0.3, 0.4) is 0 Å². The number of carbonyl (C=O) groups is 2. The summed E-state index contributed by atoms with van der Waals surface area (Å²) < 4.78 is 0. The van der Waals surface area contributed by atoms with E-state index in [2.05, 4.69) is 27.7 Å². The van der Waals surface area contributed by atoms with Gasteiger partial charge in [0.15, 0.2) is 0 Å². The Kier molecular flexibility index (Phi) is 53.5. The standard InChI is InChI=1S/2C24H48O2.Mg/c2*1-23(2)21-19-17-15-13-11-9-7-5-3-4-6-8-10-12-14-16-18-20-22-24(25)26;/h2*23H,3-22H2,1-2H3,(H,25,26);/q;;+2/p-2. The van der Waals surface area contributed by atoms with Crippen LogP contribution in [-0.4, -0.2) is 35.0 Å². The molecular formula is C48H94MgO4. The van der Waals surface area contributed by atoms with Gasteiger partial charge in [0.25, 0.3) is 0 Å². The summed E-state index contributed by atoms with van der Waals surface area (Å²) in [5.74, 6) is -0.0454. The molecule has 5 heteroatoms. The van der Waals surface area contributed by atoms with Crippen molar-refractivity contribution < 1.29 is 19.8 Å². The molecule has 0 saturated heterocycles. The number of aliphatic carboxylic acids is 2. The molecule has 0 bridgehead atoms. The smallest absolute Gasteiger partial charge is 0.550 e. The summed E-state index contributed by atoms with van der Waals surface area (Å²) in [5, 5.41) is 20.6. The van der Waals surface area contributed by atoms with E-state index in [-0.39, 0.29) is 35.9 Å². The third-order valence-electron chi connectivity index (χ3n) is 10.8. The Morgan fingerprint density at radius 1 is 0.283 bits per heavy atom. The van der Waals surface area contributed by atoms with E-state index in [0.29, 0.717) is 0 Å². The fraction of sp³-hybridized carbons (Fsp3) is 0.958. The van der Waals surface area contributed by atoms with Crippen molar-refractivity contribution in [1.29, 1.82) is 0 Å². The second-order valence-electron chi connectivity index (χ2n) is 17.3. The normalized spacial score (nSPS) is 11.1. The average molecular weight is 760 g/mol. The van der Waals surface area contributed by atoms with E-state index in [4.69, 9.17) is 0 Å². The Morgan fingerprint density at radius 2 is 0.415 bits per heavy atom. The molecule has 0 aromatic rings. The molecule has 0 aromatic heterocycles. The van der Waals surface area contributed by atoms with Crippen LogP contribution in [0.2, 0.25) is 0 Å². The summed E-state index contributed by atoms with van der Waals surface area (Å²) in [4.78, 5) is 20.6. The Hall–Kier alpha value is -0.294. The molecule has 312 valence electrons. The van der Waals surface area contributed by atoms with Gasteiger partial charge in [0.05, 0.1) is 0 Å². The third-order valence-corrected chi connectivity index (χ3v) is 10.8.